The van der Waals surface area contributed by atoms with Gasteiger partial charge < -0.3 is 19.2 Å². The number of hydrogen-bond donors (Lipinski definition) is 4. The van der Waals surface area contributed by atoms with Crippen LogP contribution >= 0.6 is 0 Å². The predicted molar refractivity (Wildman–Crippen MR) is 227 cm³/mol. The van der Waals surface area contributed by atoms with Crippen LogP contribution in [0, 0.1) is 0 Å². The van der Waals surface area contributed by atoms with E-state index in [1.54, 1.807) is 54.0 Å². The number of sulfonamides is 1. The van der Waals surface area contributed by atoms with Gasteiger partial charge in [-0.15, -0.1) is 0 Å². The summed E-state index contributed by atoms with van der Waals surface area (Å²) in [5.74, 6) is -1.53. The monoisotopic (exact) mass is 916 g/mol. The second-order valence-corrected chi connectivity index (χ2v) is 21.7. The van der Waals surface area contributed by atoms with E-state index in [0.717, 1.165) is 6.26 Å². The molecule has 0 fully saturated rings. The average molecular weight is 917 g/mol. The summed E-state index contributed by atoms with van der Waals surface area (Å²) in [5.41, 5.74) is 1.63. The Kier molecular flexibility index (Phi) is 16.5. The number of carboxylic acid groups (broad SMARTS) is 1. The number of carboxylic acids is 1. The first kappa shape index (κ1) is 48.7. The number of fused-ring (bicyclic) bond motifs is 2. The van der Waals surface area contributed by atoms with Crippen molar-refractivity contribution in [3.8, 4) is 11.3 Å². The van der Waals surface area contributed by atoms with Gasteiger partial charge in [-0.25, -0.2) is 26.1 Å². The van der Waals surface area contributed by atoms with E-state index in [-0.39, 0.29) is 66.7 Å². The number of nitrogens with zero attached hydrogens (tertiary/aromatic N) is 2. The zero-order valence-electron chi connectivity index (χ0n) is 34.0. The van der Waals surface area contributed by atoms with Crippen molar-refractivity contribution in [2.45, 2.75) is 74.0 Å². The van der Waals surface area contributed by atoms with Gasteiger partial charge in [0.2, 0.25) is 5.36 Å². The van der Waals surface area contributed by atoms with Crippen LogP contribution in [0.3, 0.4) is 0 Å². The lowest BCUT2D eigenvalue weighted by Gasteiger charge is -2.30. The molecular formula is C39H54N3O14S4+. The minimum atomic E-state index is -4.63. The number of carbonyl (C=O) groups is 1. The Morgan fingerprint density at radius 2 is 1.70 bits per heavy atom. The summed E-state index contributed by atoms with van der Waals surface area (Å²) in [4.78, 5) is 12.6. The number of unbranched alkanes of at least 4 members (excludes halogenated alkanes) is 2. The zero-order valence-corrected chi connectivity index (χ0v) is 37.3. The number of aliphatic carboxylic acids is 1. The molecule has 0 saturated carbocycles. The van der Waals surface area contributed by atoms with Gasteiger partial charge in [-0.2, -0.15) is 16.8 Å². The van der Waals surface area contributed by atoms with Gasteiger partial charge in [0.25, 0.3) is 30.3 Å². The zero-order chi connectivity index (χ0) is 44.5. The van der Waals surface area contributed by atoms with E-state index >= 15 is 0 Å². The molecule has 0 radical (unpaired) electrons. The van der Waals surface area contributed by atoms with E-state index in [0.29, 0.717) is 65.8 Å². The first-order valence-corrected chi connectivity index (χ1v) is 25.9. The van der Waals surface area contributed by atoms with Gasteiger partial charge in [0.1, 0.15) is 22.9 Å². The van der Waals surface area contributed by atoms with E-state index in [1.807, 2.05) is 11.8 Å². The molecule has 1 aromatic carbocycles. The van der Waals surface area contributed by atoms with Gasteiger partial charge in [-0.3, -0.25) is 13.9 Å². The molecule has 2 aliphatic heterocycles. The lowest BCUT2D eigenvalue weighted by molar-refractivity contribution is -0.137. The number of anilines is 1. The molecule has 2 heterocycles. The van der Waals surface area contributed by atoms with Gasteiger partial charge in [-0.1, -0.05) is 18.6 Å². The highest BCUT2D eigenvalue weighted by Gasteiger charge is 2.43. The summed E-state index contributed by atoms with van der Waals surface area (Å²) in [6.07, 6.45) is 9.57. The number of methoxy groups -OCH3 is 1. The number of hydrogen-bond acceptors (Lipinski definition) is 12. The van der Waals surface area contributed by atoms with Crippen LogP contribution in [0.15, 0.2) is 74.7 Å². The second kappa shape index (κ2) is 20.3. The molecule has 1 unspecified atom stereocenters. The number of benzene rings is 2. The van der Waals surface area contributed by atoms with Gasteiger partial charge in [0.05, 0.1) is 29.3 Å². The maximum Gasteiger partial charge on any atom is 0.303 e. The second-order valence-electron chi connectivity index (χ2n) is 14.8. The number of nitrogens with one attached hydrogen (secondary N) is 1. The fraction of sp³-hybridized carbons (Fsp3) is 0.487. The summed E-state index contributed by atoms with van der Waals surface area (Å²) >= 11 is 0. The number of ether oxygens (including phenoxy) is 1. The third kappa shape index (κ3) is 12.8. The summed E-state index contributed by atoms with van der Waals surface area (Å²) in [6, 6.07) is 9.14. The highest BCUT2D eigenvalue weighted by molar-refractivity contribution is 7.90. The van der Waals surface area contributed by atoms with E-state index in [4.69, 9.17) is 14.3 Å². The molecule has 0 aromatic heterocycles. The molecule has 0 spiro atoms. The van der Waals surface area contributed by atoms with Crippen molar-refractivity contribution in [1.29, 1.82) is 0 Å². The molecule has 60 heavy (non-hydrogen) atoms. The van der Waals surface area contributed by atoms with Crippen LogP contribution in [-0.4, -0.2) is 112 Å². The molecule has 4 N–H and O–H groups in total. The Hall–Kier alpha value is -3.96. The van der Waals surface area contributed by atoms with Crippen molar-refractivity contribution >= 4 is 57.8 Å². The lowest BCUT2D eigenvalue weighted by atomic mass is 9.77. The summed E-state index contributed by atoms with van der Waals surface area (Å²) < 4.78 is 135. The quantitative estimate of drug-likeness (QED) is 0.0600. The SMILES string of the molecule is CC[N+](CCCS(C)(=O)=O)=c1ccc2c(/C=C/C=C3/N(CCCCCC(=O)O)c4ccc(S(=O)(=O)O)cc4C3(C)CCCS(=O)(=O)O)ccoc-2c1S(=O)(=O)NCCOC. The highest BCUT2D eigenvalue weighted by Crippen LogP contribution is 2.51. The highest BCUT2D eigenvalue weighted by atomic mass is 32.2. The number of rotatable bonds is 23. The van der Waals surface area contributed by atoms with Gasteiger partial charge in [-0.05, 0) is 87.1 Å². The maximum atomic E-state index is 14.0. The van der Waals surface area contributed by atoms with E-state index in [9.17, 15) is 47.6 Å². The Morgan fingerprint density at radius 1 is 0.967 bits per heavy atom. The largest absolute Gasteiger partial charge is 0.481 e. The van der Waals surface area contributed by atoms with Gasteiger partial charge in [0, 0.05) is 67.7 Å². The Bertz CT molecular complexity index is 2580. The average Bonchev–Trinajstić information content (AvgIpc) is 3.37. The van der Waals surface area contributed by atoms with Crippen LogP contribution in [0.25, 0.3) is 17.4 Å². The molecule has 1 atom stereocenters. The molecule has 0 amide bonds. The molecule has 1 aromatic rings. The van der Waals surface area contributed by atoms with E-state index < -0.39 is 57.2 Å². The summed E-state index contributed by atoms with van der Waals surface area (Å²) in [5, 5.41) is 9.44. The third-order valence-corrected chi connectivity index (χ3v) is 14.5. The van der Waals surface area contributed by atoms with Crippen molar-refractivity contribution in [1.82, 2.24) is 9.30 Å². The fourth-order valence-corrected chi connectivity index (χ4v) is 10.4. The Labute approximate surface area is 352 Å². The Balaban J connectivity index is 1.89. The van der Waals surface area contributed by atoms with Crippen LogP contribution in [0.4, 0.5) is 5.69 Å². The third-order valence-electron chi connectivity index (χ3n) is 10.3. The summed E-state index contributed by atoms with van der Waals surface area (Å²) in [6.45, 7) is 4.66. The topological polar surface area (TPSA) is 255 Å². The normalized spacial score (nSPS) is 17.5. The van der Waals surface area contributed by atoms with Crippen LogP contribution in [0.2, 0.25) is 0 Å². The van der Waals surface area contributed by atoms with Crippen LogP contribution in [-0.2, 0) is 55.0 Å². The molecule has 0 saturated heterocycles. The number of allylic oxidation sites excluding steroid dienone is 3. The van der Waals surface area contributed by atoms with Crippen LogP contribution in [0.1, 0.15) is 69.9 Å². The van der Waals surface area contributed by atoms with Crippen LogP contribution < -0.4 is 19.6 Å². The van der Waals surface area contributed by atoms with Crippen molar-refractivity contribution in [2.75, 3.05) is 62.6 Å². The van der Waals surface area contributed by atoms with Gasteiger partial charge in [0.15, 0.2) is 10.7 Å². The smallest absolute Gasteiger partial charge is 0.303 e. The van der Waals surface area contributed by atoms with Crippen molar-refractivity contribution < 1.29 is 61.8 Å². The summed E-state index contributed by atoms with van der Waals surface area (Å²) in [7, 11) is -15.0. The van der Waals surface area contributed by atoms with E-state index in [1.165, 1.54) is 25.5 Å². The van der Waals surface area contributed by atoms with Crippen molar-refractivity contribution in [3.63, 3.8) is 0 Å². The fourth-order valence-electron chi connectivity index (χ4n) is 7.40. The first-order valence-electron chi connectivity index (χ1n) is 19.3. The minimum absolute atomic E-state index is 0.00968. The molecule has 332 valence electrons. The van der Waals surface area contributed by atoms with Crippen molar-refractivity contribution in [2.24, 2.45) is 0 Å². The predicted octanol–water partition coefficient (Wildman–Crippen LogP) is 3.77. The molecule has 4 rings (SSSR count). The van der Waals surface area contributed by atoms with Gasteiger partial charge >= 0.3 is 5.97 Å². The molecule has 3 aliphatic rings. The maximum absolute atomic E-state index is 14.0. The molecule has 1 aliphatic carbocycles. The van der Waals surface area contributed by atoms with Crippen LogP contribution in [0.5, 0.6) is 0 Å². The molecule has 21 heteroatoms. The molecular weight excluding hydrogens is 863 g/mol. The lowest BCUT2D eigenvalue weighted by Crippen LogP contribution is -2.39. The number of sulfone groups is 1. The molecule has 0 bridgehead atoms. The van der Waals surface area contributed by atoms with E-state index in [2.05, 4.69) is 4.72 Å². The molecule has 17 nitrogen and oxygen atoms in total. The minimum Gasteiger partial charge on any atom is -0.481 e. The standard InChI is InChI=1S/C39H53N3O14S4/c1-5-41(22-11-26-57(4,45)46)34-18-16-31-29(19-24-56-37(31)38(34)59(50,51)40-21-25-55-3)12-9-13-35-39(2,20-10-27-58(47,48)49)32-28-30(60(52,53)54)15-17-33(32)42(35)23-8-6-7-14-36(43)44/h9,12-13,15-19,24,28,40H,5-8,10-11,14,20-23,25-27H2,1-4H3,(H2-,43,44,47,48,49,52,53,54)/p+1. The van der Waals surface area contributed by atoms with Crippen molar-refractivity contribution in [3.05, 3.63) is 77.0 Å². The first-order chi connectivity index (χ1) is 28.0. The Morgan fingerprint density at radius 3 is 2.33 bits per heavy atom.